The van der Waals surface area contributed by atoms with Gasteiger partial charge in [-0.25, -0.2) is 0 Å². The van der Waals surface area contributed by atoms with E-state index >= 15 is 0 Å². The number of carbonyl (C=O) groups excluding carboxylic acids is 1. The number of likely N-dealkylation sites (N-methyl/N-ethyl adjacent to an activating group) is 2. The van der Waals surface area contributed by atoms with Gasteiger partial charge in [0.05, 0.1) is 12.0 Å². The van der Waals surface area contributed by atoms with Crippen LogP contribution >= 0.6 is 0 Å². The molecule has 0 aromatic carbocycles. The summed E-state index contributed by atoms with van der Waals surface area (Å²) in [5.41, 5.74) is 0.190. The van der Waals surface area contributed by atoms with Crippen LogP contribution in [0.2, 0.25) is 0 Å². The van der Waals surface area contributed by atoms with Gasteiger partial charge < -0.3 is 10.0 Å². The average molecular weight is 360 g/mol. The normalized spacial score (nSPS) is 35.0. The number of amides is 1. The number of aromatic nitrogens is 1. The van der Waals surface area contributed by atoms with E-state index in [1.165, 1.54) is 6.42 Å². The maximum Gasteiger partial charge on any atom is 0.226 e. The molecule has 1 aliphatic heterocycles. The van der Waals surface area contributed by atoms with Crippen molar-refractivity contribution in [3.63, 3.8) is 0 Å². The third-order valence-electron chi connectivity index (χ3n) is 7.07. The smallest absolute Gasteiger partial charge is 0.226 e. The number of carbonyl (C=O) groups is 1. The van der Waals surface area contributed by atoms with Crippen molar-refractivity contribution in [1.29, 1.82) is 0 Å². The number of aliphatic hydroxyl groups is 1. The number of likely N-dealkylation sites (tertiary alicyclic amines) is 1. The third kappa shape index (κ3) is 3.52. The van der Waals surface area contributed by atoms with Crippen molar-refractivity contribution in [2.24, 2.45) is 5.41 Å². The molecule has 1 aliphatic carbocycles. The number of fused-ring (bicyclic) bond motifs is 1. The molecule has 1 aromatic heterocycles. The molecule has 5 heteroatoms. The van der Waals surface area contributed by atoms with Gasteiger partial charge in [-0.3, -0.25) is 14.7 Å². The first kappa shape index (κ1) is 19.3. The van der Waals surface area contributed by atoms with E-state index in [4.69, 9.17) is 0 Å². The minimum Gasteiger partial charge on any atom is -0.390 e. The highest BCUT2D eigenvalue weighted by atomic mass is 16.3. The molecule has 26 heavy (non-hydrogen) atoms. The van der Waals surface area contributed by atoms with Crippen molar-refractivity contribution in [2.75, 3.05) is 20.6 Å². The third-order valence-corrected chi connectivity index (χ3v) is 7.07. The van der Waals surface area contributed by atoms with Crippen molar-refractivity contribution in [1.82, 2.24) is 14.8 Å². The molecule has 0 unspecified atom stereocenters. The first-order chi connectivity index (χ1) is 12.2. The van der Waals surface area contributed by atoms with Gasteiger partial charge in [0.25, 0.3) is 0 Å². The van der Waals surface area contributed by atoms with Crippen molar-refractivity contribution in [2.45, 2.75) is 70.1 Å². The minimum atomic E-state index is -0.643. The summed E-state index contributed by atoms with van der Waals surface area (Å²) in [5.74, 6) is 0.121. The van der Waals surface area contributed by atoms with Gasteiger partial charge in [0.2, 0.25) is 5.91 Å². The lowest BCUT2D eigenvalue weighted by Crippen LogP contribution is -2.50. The minimum absolute atomic E-state index is 0.115. The summed E-state index contributed by atoms with van der Waals surface area (Å²) in [4.78, 5) is 21.0. The van der Waals surface area contributed by atoms with Crippen LogP contribution in [0.1, 0.15) is 51.5 Å². The van der Waals surface area contributed by atoms with E-state index in [0.29, 0.717) is 19.0 Å². The number of hydrogen-bond acceptors (Lipinski definition) is 4. The summed E-state index contributed by atoms with van der Waals surface area (Å²) < 4.78 is 0. The van der Waals surface area contributed by atoms with Gasteiger partial charge in [-0.1, -0.05) is 25.8 Å². The lowest BCUT2D eigenvalue weighted by Gasteiger charge is -2.43. The molecule has 2 heterocycles. The van der Waals surface area contributed by atoms with Gasteiger partial charge >= 0.3 is 0 Å². The zero-order chi connectivity index (χ0) is 18.9. The van der Waals surface area contributed by atoms with Crippen molar-refractivity contribution in [3.05, 3.63) is 30.1 Å². The van der Waals surface area contributed by atoms with Gasteiger partial charge in [0.1, 0.15) is 0 Å². The predicted octanol–water partition coefficient (Wildman–Crippen LogP) is 2.49. The second kappa shape index (κ2) is 7.28. The number of pyridine rings is 1. The van der Waals surface area contributed by atoms with Gasteiger partial charge in [0, 0.05) is 43.5 Å². The summed E-state index contributed by atoms with van der Waals surface area (Å²) in [6.45, 7) is 4.97. The maximum absolute atomic E-state index is 12.6. The van der Waals surface area contributed by atoms with E-state index < -0.39 is 5.60 Å². The Morgan fingerprint density at radius 1 is 1.42 bits per heavy atom. The van der Waals surface area contributed by atoms with Crippen LogP contribution < -0.4 is 0 Å². The lowest BCUT2D eigenvalue weighted by atomic mass is 9.67. The van der Waals surface area contributed by atoms with Crippen molar-refractivity contribution >= 4 is 5.91 Å². The first-order valence-electron chi connectivity index (χ1n) is 9.82. The summed E-state index contributed by atoms with van der Waals surface area (Å²) in [5, 5.41) is 11.1. The van der Waals surface area contributed by atoms with E-state index in [1.807, 2.05) is 31.0 Å². The quantitative estimate of drug-likeness (QED) is 0.897. The summed E-state index contributed by atoms with van der Waals surface area (Å²) in [6, 6.07) is 4.48. The van der Waals surface area contributed by atoms with Crippen LogP contribution in [-0.2, 0) is 11.2 Å². The Balaban J connectivity index is 1.67. The Morgan fingerprint density at radius 3 is 2.88 bits per heavy atom. The summed E-state index contributed by atoms with van der Waals surface area (Å²) in [7, 11) is 4.06. The van der Waals surface area contributed by atoms with E-state index in [-0.39, 0.29) is 17.4 Å². The molecule has 144 valence electrons. The Hall–Kier alpha value is -1.46. The van der Waals surface area contributed by atoms with E-state index in [0.717, 1.165) is 31.2 Å². The average Bonchev–Trinajstić information content (AvgIpc) is 2.77. The molecular weight excluding hydrogens is 326 g/mol. The maximum atomic E-state index is 12.6. The van der Waals surface area contributed by atoms with Gasteiger partial charge in [-0.15, -0.1) is 0 Å². The highest BCUT2D eigenvalue weighted by molar-refractivity contribution is 5.78. The van der Waals surface area contributed by atoms with Crippen LogP contribution in [-0.4, -0.2) is 64.1 Å². The van der Waals surface area contributed by atoms with Gasteiger partial charge in [-0.05, 0) is 44.9 Å². The fraction of sp³-hybridized carbons (Fsp3) is 0.714. The van der Waals surface area contributed by atoms with E-state index in [9.17, 15) is 9.90 Å². The second-order valence-electron chi connectivity index (χ2n) is 8.79. The Bertz CT molecular complexity index is 633. The molecule has 1 saturated heterocycles. The number of nitrogens with zero attached hydrogens (tertiary/aromatic N) is 3. The highest BCUT2D eigenvalue weighted by Gasteiger charge is 2.57. The SMILES string of the molecule is CN(C[C@H]1C[C@]2(C)[C@@H](CCCC[C@]2(C)O)N1C)C(=O)Cc1cccnc1. The molecule has 1 saturated carbocycles. The lowest BCUT2D eigenvalue weighted by molar-refractivity contribution is -0.129. The first-order valence-corrected chi connectivity index (χ1v) is 9.82. The van der Waals surface area contributed by atoms with E-state index in [2.05, 4.69) is 23.9 Å². The van der Waals surface area contributed by atoms with Crippen LogP contribution in [0.5, 0.6) is 0 Å². The molecule has 5 nitrogen and oxygen atoms in total. The van der Waals surface area contributed by atoms with E-state index in [1.54, 1.807) is 12.4 Å². The number of rotatable bonds is 4. The molecule has 0 radical (unpaired) electrons. The Labute approximate surface area is 157 Å². The van der Waals surface area contributed by atoms with Crippen LogP contribution in [0.3, 0.4) is 0 Å². The molecule has 0 bridgehead atoms. The molecule has 1 aromatic rings. The standard InChI is InChI=1S/C21H33N3O2/c1-20-13-17(24(4)18(20)9-5-6-10-21(20,2)26)15-23(3)19(25)12-16-8-7-11-22-14-16/h7-8,11,14,17-18,26H,5-6,9-10,12-13,15H2,1-4H3/t17-,18-,20-,21+/m1/s1. The molecular formula is C21H33N3O2. The predicted molar refractivity (Wildman–Crippen MR) is 103 cm³/mol. The molecule has 2 aliphatic rings. The molecule has 2 fully saturated rings. The fourth-order valence-electron chi connectivity index (χ4n) is 5.09. The van der Waals surface area contributed by atoms with Crippen LogP contribution in [0.15, 0.2) is 24.5 Å². The van der Waals surface area contributed by atoms with Crippen molar-refractivity contribution < 1.29 is 9.90 Å². The molecule has 4 atom stereocenters. The van der Waals surface area contributed by atoms with Crippen LogP contribution in [0, 0.1) is 5.41 Å². The Morgan fingerprint density at radius 2 is 2.19 bits per heavy atom. The molecule has 1 N–H and O–H groups in total. The van der Waals surface area contributed by atoms with Crippen LogP contribution in [0.4, 0.5) is 0 Å². The van der Waals surface area contributed by atoms with Crippen molar-refractivity contribution in [3.8, 4) is 0 Å². The van der Waals surface area contributed by atoms with Gasteiger partial charge in [-0.2, -0.15) is 0 Å². The fourth-order valence-corrected chi connectivity index (χ4v) is 5.09. The largest absolute Gasteiger partial charge is 0.390 e. The Kier molecular flexibility index (Phi) is 5.40. The highest BCUT2D eigenvalue weighted by Crippen LogP contribution is 2.52. The second-order valence-corrected chi connectivity index (χ2v) is 8.79. The van der Waals surface area contributed by atoms with Gasteiger partial charge in [0.15, 0.2) is 0 Å². The topological polar surface area (TPSA) is 56.7 Å². The monoisotopic (exact) mass is 359 g/mol. The molecule has 1 amide bonds. The number of hydrogen-bond donors (Lipinski definition) is 1. The molecule has 3 rings (SSSR count). The summed E-state index contributed by atoms with van der Waals surface area (Å²) in [6.07, 6.45) is 9.07. The molecule has 0 spiro atoms. The van der Waals surface area contributed by atoms with Crippen LogP contribution in [0.25, 0.3) is 0 Å². The summed E-state index contributed by atoms with van der Waals surface area (Å²) >= 11 is 0. The zero-order valence-corrected chi connectivity index (χ0v) is 16.6. The zero-order valence-electron chi connectivity index (χ0n) is 16.6.